The lowest BCUT2D eigenvalue weighted by Gasteiger charge is -2.34. The fraction of sp³-hybridized carbons (Fsp3) is 0.500. The summed E-state index contributed by atoms with van der Waals surface area (Å²) in [6, 6.07) is 4.59. The molecule has 0 radical (unpaired) electrons. The summed E-state index contributed by atoms with van der Waals surface area (Å²) in [5.41, 5.74) is 1.52. The van der Waals surface area contributed by atoms with Crippen molar-refractivity contribution in [1.82, 2.24) is 19.8 Å². The molecule has 3 heterocycles. The van der Waals surface area contributed by atoms with E-state index in [2.05, 4.69) is 15.3 Å². The van der Waals surface area contributed by atoms with Gasteiger partial charge in [-0.15, -0.1) is 0 Å². The number of anilines is 1. The molecule has 37 heavy (non-hydrogen) atoms. The van der Waals surface area contributed by atoms with Gasteiger partial charge in [0.25, 0.3) is 5.91 Å². The standard InChI is InChI=1S/C26H32ClN5O5/c1-26(2,3)31(4)21(33)14-32-20(12-22(34)35)17-6-5-15(11-18(17)24(32)36)23-19(27)13-28-25(30-23)29-16-7-9-37-10-8-16/h5-6,11,13,16,20H,7-10,12,14H2,1-4H3,(H,34,35)(H,28,29,30). The highest BCUT2D eigenvalue weighted by Crippen LogP contribution is 2.39. The van der Waals surface area contributed by atoms with E-state index < -0.39 is 23.5 Å². The highest BCUT2D eigenvalue weighted by atomic mass is 35.5. The van der Waals surface area contributed by atoms with Gasteiger partial charge in [0.15, 0.2) is 0 Å². The smallest absolute Gasteiger partial charge is 0.305 e. The largest absolute Gasteiger partial charge is 0.481 e. The number of halogens is 1. The zero-order valence-corrected chi connectivity index (χ0v) is 22.2. The summed E-state index contributed by atoms with van der Waals surface area (Å²) in [6.07, 6.45) is 2.90. The van der Waals surface area contributed by atoms with Crippen LogP contribution in [-0.4, -0.2) is 81.0 Å². The number of likely N-dealkylation sites (N-methyl/N-ethyl adjacent to an activating group) is 1. The zero-order valence-electron chi connectivity index (χ0n) is 21.5. The molecule has 10 nitrogen and oxygen atoms in total. The molecule has 1 fully saturated rings. The van der Waals surface area contributed by atoms with Crippen LogP contribution in [-0.2, 0) is 14.3 Å². The summed E-state index contributed by atoms with van der Waals surface area (Å²) in [5, 5.41) is 13.2. The van der Waals surface area contributed by atoms with Crippen molar-refractivity contribution in [2.45, 2.75) is 57.7 Å². The van der Waals surface area contributed by atoms with Crippen molar-refractivity contribution in [3.8, 4) is 11.3 Å². The minimum atomic E-state index is -1.06. The molecule has 0 bridgehead atoms. The Morgan fingerprint density at radius 1 is 1.27 bits per heavy atom. The maximum atomic E-state index is 13.5. The van der Waals surface area contributed by atoms with Gasteiger partial charge in [0.05, 0.1) is 29.4 Å². The second kappa shape index (κ2) is 10.6. The van der Waals surface area contributed by atoms with Gasteiger partial charge in [-0.25, -0.2) is 9.97 Å². The number of aliphatic carboxylic acids is 1. The van der Waals surface area contributed by atoms with Crippen LogP contribution >= 0.6 is 11.6 Å². The van der Waals surface area contributed by atoms with Gasteiger partial charge in [-0.05, 0) is 45.2 Å². The maximum Gasteiger partial charge on any atom is 0.305 e. The molecule has 0 saturated carbocycles. The maximum absolute atomic E-state index is 13.5. The van der Waals surface area contributed by atoms with E-state index >= 15 is 0 Å². The number of carbonyl (C=O) groups is 3. The molecule has 2 N–H and O–H groups in total. The predicted molar refractivity (Wildman–Crippen MR) is 138 cm³/mol. The molecule has 2 amide bonds. The molecule has 1 unspecified atom stereocenters. The third kappa shape index (κ3) is 5.86. The first-order valence-corrected chi connectivity index (χ1v) is 12.6. The van der Waals surface area contributed by atoms with Crippen molar-refractivity contribution < 1.29 is 24.2 Å². The topological polar surface area (TPSA) is 125 Å². The first-order valence-electron chi connectivity index (χ1n) is 12.3. The van der Waals surface area contributed by atoms with Crippen molar-refractivity contribution in [2.75, 3.05) is 32.1 Å². The molecule has 1 aromatic heterocycles. The van der Waals surface area contributed by atoms with E-state index in [0.29, 0.717) is 46.6 Å². The Balaban J connectivity index is 1.64. The van der Waals surface area contributed by atoms with Crippen molar-refractivity contribution >= 4 is 35.3 Å². The van der Waals surface area contributed by atoms with Gasteiger partial charge in [0, 0.05) is 43.0 Å². The number of aromatic nitrogens is 2. The monoisotopic (exact) mass is 529 g/mol. The van der Waals surface area contributed by atoms with Gasteiger partial charge in [-0.3, -0.25) is 14.4 Å². The van der Waals surface area contributed by atoms with E-state index in [1.807, 2.05) is 20.8 Å². The average Bonchev–Trinajstić information content (AvgIpc) is 3.09. The Hall–Kier alpha value is -3.24. The molecule has 0 spiro atoms. The minimum absolute atomic E-state index is 0.193. The molecular weight excluding hydrogens is 498 g/mol. The molecular formula is C26H32ClN5O5. The van der Waals surface area contributed by atoms with Crippen LogP contribution in [0, 0.1) is 0 Å². The summed E-state index contributed by atoms with van der Waals surface area (Å²) in [5.74, 6) is -1.30. The molecule has 1 saturated heterocycles. The van der Waals surface area contributed by atoms with E-state index in [-0.39, 0.29) is 24.9 Å². The molecule has 2 aliphatic heterocycles. The van der Waals surface area contributed by atoms with Crippen molar-refractivity contribution in [3.05, 3.63) is 40.5 Å². The van der Waals surface area contributed by atoms with Gasteiger partial charge in [-0.1, -0.05) is 23.7 Å². The fourth-order valence-corrected chi connectivity index (χ4v) is 4.70. The summed E-state index contributed by atoms with van der Waals surface area (Å²) >= 11 is 6.44. The number of carboxylic acid groups (broad SMARTS) is 1. The lowest BCUT2D eigenvalue weighted by atomic mass is 9.98. The molecule has 1 aromatic carbocycles. The van der Waals surface area contributed by atoms with Crippen LogP contribution < -0.4 is 5.32 Å². The highest BCUT2D eigenvalue weighted by molar-refractivity contribution is 6.33. The van der Waals surface area contributed by atoms with Crippen LogP contribution in [0.2, 0.25) is 5.02 Å². The minimum Gasteiger partial charge on any atom is -0.481 e. The second-order valence-corrected chi connectivity index (χ2v) is 10.8. The van der Waals surface area contributed by atoms with Gasteiger partial charge < -0.3 is 25.0 Å². The highest BCUT2D eigenvalue weighted by Gasteiger charge is 2.40. The quantitative estimate of drug-likeness (QED) is 0.557. The van der Waals surface area contributed by atoms with Gasteiger partial charge in [0.1, 0.15) is 6.54 Å². The number of carboxylic acids is 1. The van der Waals surface area contributed by atoms with E-state index in [0.717, 1.165) is 12.8 Å². The number of hydrogen-bond donors (Lipinski definition) is 2. The Morgan fingerprint density at radius 2 is 1.97 bits per heavy atom. The SMILES string of the molecule is CN(C(=O)CN1C(=O)c2cc(-c3nc(NC4CCOCC4)ncc3Cl)ccc2C1CC(=O)O)C(C)(C)C. The van der Waals surface area contributed by atoms with E-state index in [1.54, 1.807) is 30.1 Å². The third-order valence-electron chi connectivity index (χ3n) is 6.91. The molecule has 4 rings (SSSR count). The van der Waals surface area contributed by atoms with Gasteiger partial charge in [0.2, 0.25) is 11.9 Å². The van der Waals surface area contributed by atoms with E-state index in [4.69, 9.17) is 16.3 Å². The zero-order chi connectivity index (χ0) is 26.9. The van der Waals surface area contributed by atoms with Crippen molar-refractivity contribution in [1.29, 1.82) is 0 Å². The Kier molecular flexibility index (Phi) is 7.70. The molecule has 2 aliphatic rings. The number of amides is 2. The first kappa shape index (κ1) is 26.8. The lowest BCUT2D eigenvalue weighted by molar-refractivity contribution is -0.140. The van der Waals surface area contributed by atoms with Crippen LogP contribution in [0.5, 0.6) is 0 Å². The normalized spacial score (nSPS) is 18.0. The molecule has 2 aromatic rings. The number of nitrogens with zero attached hydrogens (tertiary/aromatic N) is 4. The van der Waals surface area contributed by atoms with Gasteiger partial charge in [-0.2, -0.15) is 0 Å². The lowest BCUT2D eigenvalue weighted by Crippen LogP contribution is -2.48. The van der Waals surface area contributed by atoms with Crippen LogP contribution in [0.4, 0.5) is 5.95 Å². The second-order valence-electron chi connectivity index (χ2n) is 10.4. The van der Waals surface area contributed by atoms with E-state index in [1.165, 1.54) is 11.1 Å². The van der Waals surface area contributed by atoms with Crippen molar-refractivity contribution in [3.63, 3.8) is 0 Å². The number of benzene rings is 1. The number of rotatable bonds is 7. The summed E-state index contributed by atoms with van der Waals surface area (Å²) in [4.78, 5) is 49.8. The fourth-order valence-electron chi connectivity index (χ4n) is 4.50. The first-order chi connectivity index (χ1) is 17.5. The summed E-state index contributed by atoms with van der Waals surface area (Å²) in [7, 11) is 1.67. The summed E-state index contributed by atoms with van der Waals surface area (Å²) in [6.45, 7) is 6.80. The number of hydrogen-bond acceptors (Lipinski definition) is 7. The number of fused-ring (bicyclic) bond motifs is 1. The molecule has 1 atom stereocenters. The molecule has 11 heteroatoms. The van der Waals surface area contributed by atoms with Crippen molar-refractivity contribution in [2.24, 2.45) is 0 Å². The van der Waals surface area contributed by atoms with Crippen LogP contribution in [0.15, 0.2) is 24.4 Å². The summed E-state index contributed by atoms with van der Waals surface area (Å²) < 4.78 is 5.40. The number of carbonyl (C=O) groups excluding carboxylic acids is 2. The van der Waals surface area contributed by atoms with Gasteiger partial charge >= 0.3 is 5.97 Å². The van der Waals surface area contributed by atoms with Crippen LogP contribution in [0.25, 0.3) is 11.3 Å². The third-order valence-corrected chi connectivity index (χ3v) is 7.18. The Morgan fingerprint density at radius 3 is 2.62 bits per heavy atom. The van der Waals surface area contributed by atoms with Crippen LogP contribution in [0.1, 0.15) is 62.0 Å². The average molecular weight is 530 g/mol. The van der Waals surface area contributed by atoms with Crippen LogP contribution in [0.3, 0.4) is 0 Å². The Labute approximate surface area is 221 Å². The molecule has 0 aliphatic carbocycles. The number of nitrogens with one attached hydrogen (secondary N) is 1. The van der Waals surface area contributed by atoms with E-state index in [9.17, 15) is 19.5 Å². The number of ether oxygens (including phenoxy) is 1. The predicted octanol–water partition coefficient (Wildman–Crippen LogP) is 3.62. The molecule has 198 valence electrons. The Bertz CT molecular complexity index is 1210.